The molecule has 4 atom stereocenters. The van der Waals surface area contributed by atoms with Crippen LogP contribution in [-0.2, 0) is 21.5 Å². The van der Waals surface area contributed by atoms with Crippen LogP contribution in [0.4, 0.5) is 0 Å². The van der Waals surface area contributed by atoms with E-state index in [0.29, 0.717) is 0 Å². The van der Waals surface area contributed by atoms with Gasteiger partial charge in [0.2, 0.25) is 10.3 Å². The molecule has 1 fully saturated rings. The summed E-state index contributed by atoms with van der Waals surface area (Å²) in [6, 6.07) is 8.75. The number of hydrogen-bond acceptors (Lipinski definition) is 8. The summed E-state index contributed by atoms with van der Waals surface area (Å²) in [4.78, 5) is 0. The van der Waals surface area contributed by atoms with Gasteiger partial charge < -0.3 is 24.6 Å². The molecule has 134 valence electrons. The van der Waals surface area contributed by atoms with Crippen LogP contribution in [0.15, 0.2) is 34.7 Å². The van der Waals surface area contributed by atoms with E-state index < -0.39 is 34.1 Å². The summed E-state index contributed by atoms with van der Waals surface area (Å²) in [7, 11) is -4.88. The second-order valence-electron chi connectivity index (χ2n) is 5.30. The second-order valence-corrected chi connectivity index (χ2v) is 7.51. The third-order valence-corrected chi connectivity index (χ3v) is 5.06. The van der Waals surface area contributed by atoms with Crippen LogP contribution in [0.3, 0.4) is 0 Å². The molecule has 0 aromatic heterocycles. The Labute approximate surface area is 193 Å². The van der Waals surface area contributed by atoms with Crippen molar-refractivity contribution in [3.8, 4) is 0 Å². The number of aliphatic hydroxyl groups excluding tert-OH is 3. The predicted octanol–water partition coefficient (Wildman–Crippen LogP) is -3.35. The van der Waals surface area contributed by atoms with E-state index in [1.54, 1.807) is 30.3 Å². The Morgan fingerprint density at radius 1 is 1.32 bits per heavy atom. The average Bonchev–Trinajstić information content (AvgIpc) is 2.51. The molecule has 2 rings (SSSR count). The van der Waals surface area contributed by atoms with Gasteiger partial charge in [-0.3, -0.25) is 0 Å². The topological polar surface area (TPSA) is 139 Å². The average molecular weight is 416 g/mol. The maximum absolute atomic E-state index is 11.0. The van der Waals surface area contributed by atoms with Gasteiger partial charge in [-0.15, -0.1) is 0 Å². The van der Waals surface area contributed by atoms with Crippen LogP contribution in [0.1, 0.15) is 12.0 Å². The molecule has 1 saturated heterocycles. The fraction of sp³-hybridized carbons (Fsp3) is 0.500. The fourth-order valence-corrected chi connectivity index (χ4v) is 4.07. The number of benzene rings is 1. The largest absolute Gasteiger partial charge is 1.00 e. The molecule has 1 aromatic carbocycles. The molecule has 1 heterocycles. The first-order valence-corrected chi connectivity index (χ1v) is 9.40. The molecular formula is C14H18KNO7S2. The van der Waals surface area contributed by atoms with Gasteiger partial charge in [-0.25, -0.2) is 8.42 Å². The van der Waals surface area contributed by atoms with Crippen molar-refractivity contribution in [1.29, 1.82) is 0 Å². The molecular weight excluding hydrogens is 397 g/mol. The van der Waals surface area contributed by atoms with Gasteiger partial charge in [0.15, 0.2) is 0 Å². The number of aliphatic hydroxyl groups is 3. The van der Waals surface area contributed by atoms with E-state index in [1.807, 2.05) is 0 Å². The summed E-state index contributed by atoms with van der Waals surface area (Å²) < 4.78 is 41.6. The standard InChI is InChI=1S/C14H19NO7S2.K/c16-8-10-7-11(17)13(18)14(22-10)23-12(15-24(19,20)21)6-9-4-2-1-3-5-9;/h1-5,10-11,13-14,16-18H,6-8H2,(H,19,20,21);/q;+1/p-1/t10-,11-,13+,14-;/m0./s1. The van der Waals surface area contributed by atoms with Crippen molar-refractivity contribution in [3.63, 3.8) is 0 Å². The summed E-state index contributed by atoms with van der Waals surface area (Å²) in [5, 5.41) is 28.9. The van der Waals surface area contributed by atoms with Gasteiger partial charge in [0.05, 0.1) is 23.9 Å². The number of hydrogen-bond donors (Lipinski definition) is 3. The second kappa shape index (κ2) is 10.8. The summed E-state index contributed by atoms with van der Waals surface area (Å²) in [5.74, 6) is 0. The first-order chi connectivity index (χ1) is 11.3. The van der Waals surface area contributed by atoms with Crippen molar-refractivity contribution < 1.29 is 84.4 Å². The van der Waals surface area contributed by atoms with E-state index in [2.05, 4.69) is 4.40 Å². The zero-order valence-electron chi connectivity index (χ0n) is 13.6. The molecule has 8 nitrogen and oxygen atoms in total. The van der Waals surface area contributed by atoms with Crippen LogP contribution in [0.25, 0.3) is 0 Å². The molecule has 0 amide bonds. The van der Waals surface area contributed by atoms with Crippen LogP contribution in [0.5, 0.6) is 0 Å². The van der Waals surface area contributed by atoms with Gasteiger partial charge >= 0.3 is 51.4 Å². The number of nitrogens with zero attached hydrogens (tertiary/aromatic N) is 1. The van der Waals surface area contributed by atoms with Crippen molar-refractivity contribution in [2.75, 3.05) is 6.61 Å². The molecule has 0 aliphatic carbocycles. The van der Waals surface area contributed by atoms with Gasteiger partial charge in [-0.2, -0.15) is 4.40 Å². The summed E-state index contributed by atoms with van der Waals surface area (Å²) in [6.45, 7) is -0.355. The maximum Gasteiger partial charge on any atom is 1.00 e. The molecule has 0 spiro atoms. The van der Waals surface area contributed by atoms with Crippen molar-refractivity contribution in [2.24, 2.45) is 4.40 Å². The zero-order valence-corrected chi connectivity index (χ0v) is 18.3. The molecule has 3 N–H and O–H groups in total. The number of ether oxygens (including phenoxy) is 1. The van der Waals surface area contributed by atoms with Crippen LogP contribution in [0.2, 0.25) is 0 Å². The molecule has 0 radical (unpaired) electrons. The molecule has 1 aromatic rings. The molecule has 1 aliphatic heterocycles. The normalized spacial score (nSPS) is 27.6. The maximum atomic E-state index is 11.0. The van der Waals surface area contributed by atoms with Crippen LogP contribution >= 0.6 is 11.8 Å². The van der Waals surface area contributed by atoms with Gasteiger partial charge in [0.1, 0.15) is 11.5 Å². The first kappa shape index (κ1) is 23.7. The SMILES string of the molecule is O=S(=O)([O-])N=C(Cc1ccccc1)S[C@@H]1O[C@H](CO)C[C@H](O)[C@H]1O.[K+]. The quantitative estimate of drug-likeness (QED) is 0.196. The van der Waals surface area contributed by atoms with Crippen LogP contribution in [-0.4, -0.2) is 63.7 Å². The van der Waals surface area contributed by atoms with Gasteiger partial charge in [-0.1, -0.05) is 42.1 Å². The van der Waals surface area contributed by atoms with Crippen molar-refractivity contribution >= 4 is 27.1 Å². The smallest absolute Gasteiger partial charge is 0.730 e. The predicted molar refractivity (Wildman–Crippen MR) is 87.2 cm³/mol. The molecule has 25 heavy (non-hydrogen) atoms. The molecule has 0 unspecified atom stereocenters. The molecule has 11 heteroatoms. The Balaban J connectivity index is 0.00000312. The minimum absolute atomic E-state index is 0. The fourth-order valence-electron chi connectivity index (χ4n) is 2.26. The summed E-state index contributed by atoms with van der Waals surface area (Å²) in [6.07, 6.45) is -3.01. The third-order valence-electron chi connectivity index (χ3n) is 3.37. The Morgan fingerprint density at radius 3 is 2.52 bits per heavy atom. The zero-order chi connectivity index (χ0) is 17.7. The molecule has 0 saturated carbocycles. The Kier molecular flexibility index (Phi) is 10.3. The van der Waals surface area contributed by atoms with E-state index in [9.17, 15) is 23.2 Å². The van der Waals surface area contributed by atoms with Gasteiger partial charge in [0, 0.05) is 12.8 Å². The van der Waals surface area contributed by atoms with Crippen LogP contribution < -0.4 is 51.4 Å². The van der Waals surface area contributed by atoms with E-state index in [1.165, 1.54) is 0 Å². The minimum atomic E-state index is -4.88. The third kappa shape index (κ3) is 8.03. The summed E-state index contributed by atoms with van der Waals surface area (Å²) in [5.41, 5.74) is -0.327. The molecule has 1 aliphatic rings. The van der Waals surface area contributed by atoms with E-state index in [0.717, 1.165) is 17.3 Å². The van der Waals surface area contributed by atoms with E-state index in [-0.39, 0.29) is 75.9 Å². The monoisotopic (exact) mass is 415 g/mol. The van der Waals surface area contributed by atoms with Gasteiger partial charge in [0.25, 0.3) is 0 Å². The van der Waals surface area contributed by atoms with E-state index in [4.69, 9.17) is 9.84 Å². The summed E-state index contributed by atoms with van der Waals surface area (Å²) >= 11 is 0.746. The van der Waals surface area contributed by atoms with Crippen LogP contribution in [0, 0.1) is 0 Å². The Bertz CT molecular complexity index is 671. The van der Waals surface area contributed by atoms with Crippen molar-refractivity contribution in [1.82, 2.24) is 0 Å². The number of rotatable bonds is 5. The van der Waals surface area contributed by atoms with Crippen molar-refractivity contribution in [3.05, 3.63) is 35.9 Å². The molecule has 0 bridgehead atoms. The van der Waals surface area contributed by atoms with E-state index >= 15 is 0 Å². The minimum Gasteiger partial charge on any atom is -0.730 e. The Hall–Kier alpha value is 0.626. The van der Waals surface area contributed by atoms with Crippen molar-refractivity contribution in [2.45, 2.75) is 36.6 Å². The number of thioether (sulfide) groups is 1. The Morgan fingerprint density at radius 2 is 1.96 bits per heavy atom. The van der Waals surface area contributed by atoms with Gasteiger partial charge in [-0.05, 0) is 5.56 Å². The first-order valence-electron chi connectivity index (χ1n) is 7.16.